The summed E-state index contributed by atoms with van der Waals surface area (Å²) >= 11 is 6.98. The molecule has 0 radical (unpaired) electrons. The van der Waals surface area contributed by atoms with E-state index >= 15 is 0 Å². The Morgan fingerprint density at radius 1 is 1.19 bits per heavy atom. The minimum Gasteiger partial charge on any atom is -0.477 e. The molecule has 0 aliphatic carbocycles. The van der Waals surface area contributed by atoms with Crippen molar-refractivity contribution in [1.82, 2.24) is 14.9 Å². The number of nitrogens with zero attached hydrogens (tertiary/aromatic N) is 3. The fourth-order valence-corrected chi connectivity index (χ4v) is 3.65. The van der Waals surface area contributed by atoms with Crippen LogP contribution in [0.4, 0.5) is 21.2 Å². The minimum atomic E-state index is -0.494. The molecule has 168 valence electrons. The van der Waals surface area contributed by atoms with Crippen LogP contribution in [0.2, 0.25) is 4.47 Å². The lowest BCUT2D eigenvalue weighted by atomic mass is 9.98. The zero-order valence-corrected chi connectivity index (χ0v) is 19.3. The first-order chi connectivity index (χ1) is 14.7. The van der Waals surface area contributed by atoms with Crippen LogP contribution in [0.5, 0.6) is 5.88 Å². The first kappa shape index (κ1) is 23.1. The number of ether oxygens (including phenoxy) is 2. The Kier molecular flexibility index (Phi) is 7.55. The number of thiazole rings is 1. The molecule has 0 aromatic carbocycles. The third-order valence-corrected chi connectivity index (χ3v) is 5.39. The molecule has 0 spiro atoms. The van der Waals surface area contributed by atoms with Gasteiger partial charge in [-0.25, -0.2) is 14.6 Å². The van der Waals surface area contributed by atoms with Crippen molar-refractivity contribution in [1.29, 1.82) is 0 Å². The van der Waals surface area contributed by atoms with Crippen LogP contribution in [0.15, 0.2) is 23.6 Å². The van der Waals surface area contributed by atoms with E-state index in [1.165, 1.54) is 11.3 Å². The van der Waals surface area contributed by atoms with Gasteiger partial charge in [-0.2, -0.15) is 4.98 Å². The van der Waals surface area contributed by atoms with E-state index in [-0.39, 0.29) is 6.09 Å². The van der Waals surface area contributed by atoms with Crippen molar-refractivity contribution in [2.45, 2.75) is 39.2 Å². The number of hydrogen-bond acceptors (Lipinski definition) is 7. The van der Waals surface area contributed by atoms with Crippen molar-refractivity contribution >= 4 is 46.7 Å². The van der Waals surface area contributed by atoms with Crippen LogP contribution in [-0.4, -0.2) is 52.3 Å². The Bertz CT molecular complexity index is 909. The number of hydrogen-bond donors (Lipinski definition) is 2. The second-order valence-electron chi connectivity index (χ2n) is 8.15. The summed E-state index contributed by atoms with van der Waals surface area (Å²) in [7, 11) is 0. The molecule has 31 heavy (non-hydrogen) atoms. The monoisotopic (exact) mass is 467 g/mol. The van der Waals surface area contributed by atoms with Crippen molar-refractivity contribution in [3.05, 3.63) is 28.0 Å². The Morgan fingerprint density at radius 3 is 2.55 bits per heavy atom. The molecular formula is C20H26ClN5O4S. The molecule has 0 saturated carbocycles. The number of pyridine rings is 1. The highest BCUT2D eigenvalue weighted by atomic mass is 35.5. The van der Waals surface area contributed by atoms with E-state index in [1.807, 2.05) is 20.8 Å². The molecule has 3 rings (SSSR count). The summed E-state index contributed by atoms with van der Waals surface area (Å²) in [5.41, 5.74) is -0.494. The molecule has 1 saturated heterocycles. The van der Waals surface area contributed by atoms with Crippen LogP contribution >= 0.6 is 22.9 Å². The first-order valence-electron chi connectivity index (χ1n) is 9.95. The first-order valence-corrected chi connectivity index (χ1v) is 11.2. The van der Waals surface area contributed by atoms with Crippen molar-refractivity contribution in [2.75, 3.05) is 30.3 Å². The standard InChI is InChI=1S/C20H26ClN5O4S/c1-20(2,3)30-19(28)26-9-7-13(8-10-26)11-29-16-6-4-5-14(22-16)24-18(27)25-15-12-31-17(21)23-15/h4-6,12-13H,7-11H2,1-3H3,(H2,22,24,25,27). The summed E-state index contributed by atoms with van der Waals surface area (Å²) in [4.78, 5) is 34.2. The number of urea groups is 1. The van der Waals surface area contributed by atoms with E-state index in [0.29, 0.717) is 47.6 Å². The molecule has 1 aliphatic rings. The number of halogens is 1. The highest BCUT2D eigenvalue weighted by Gasteiger charge is 2.27. The second kappa shape index (κ2) is 10.1. The van der Waals surface area contributed by atoms with Crippen LogP contribution in [0.25, 0.3) is 0 Å². The van der Waals surface area contributed by atoms with Gasteiger partial charge in [-0.05, 0) is 45.6 Å². The lowest BCUT2D eigenvalue weighted by Crippen LogP contribution is -2.42. The Labute approximate surface area is 190 Å². The number of nitrogens with one attached hydrogen (secondary N) is 2. The van der Waals surface area contributed by atoms with Crippen molar-refractivity contribution in [3.8, 4) is 5.88 Å². The van der Waals surface area contributed by atoms with Gasteiger partial charge in [0.15, 0.2) is 4.47 Å². The lowest BCUT2D eigenvalue weighted by molar-refractivity contribution is 0.0164. The maximum absolute atomic E-state index is 12.2. The molecule has 1 fully saturated rings. The van der Waals surface area contributed by atoms with Gasteiger partial charge >= 0.3 is 12.1 Å². The smallest absolute Gasteiger partial charge is 0.410 e. The molecule has 2 aromatic heterocycles. The van der Waals surface area contributed by atoms with Crippen LogP contribution in [0.3, 0.4) is 0 Å². The number of amides is 3. The SMILES string of the molecule is CC(C)(C)OC(=O)N1CCC(COc2cccc(NC(=O)Nc3csc(Cl)n3)n2)CC1. The summed E-state index contributed by atoms with van der Waals surface area (Å²) in [6, 6.07) is 4.68. The second-order valence-corrected chi connectivity index (χ2v) is 9.59. The zero-order chi connectivity index (χ0) is 22.4. The molecule has 0 bridgehead atoms. The summed E-state index contributed by atoms with van der Waals surface area (Å²) in [5.74, 6) is 1.47. The number of carbonyl (C=O) groups excluding carboxylic acids is 2. The Morgan fingerprint density at radius 2 is 1.90 bits per heavy atom. The summed E-state index contributed by atoms with van der Waals surface area (Å²) in [6.45, 7) is 7.35. The molecule has 9 nitrogen and oxygen atoms in total. The van der Waals surface area contributed by atoms with Crippen LogP contribution < -0.4 is 15.4 Å². The number of aromatic nitrogens is 2. The van der Waals surface area contributed by atoms with Gasteiger partial charge in [0.05, 0.1) is 6.61 Å². The topological polar surface area (TPSA) is 106 Å². The van der Waals surface area contributed by atoms with Gasteiger partial charge in [-0.3, -0.25) is 10.6 Å². The third-order valence-electron chi connectivity index (χ3n) is 4.42. The average Bonchev–Trinajstić information content (AvgIpc) is 3.10. The summed E-state index contributed by atoms with van der Waals surface area (Å²) in [6.07, 6.45) is 1.39. The van der Waals surface area contributed by atoms with E-state index in [9.17, 15) is 9.59 Å². The fourth-order valence-electron chi connectivity index (χ4n) is 2.95. The highest BCUT2D eigenvalue weighted by molar-refractivity contribution is 7.14. The molecule has 2 N–H and O–H groups in total. The lowest BCUT2D eigenvalue weighted by Gasteiger charge is -2.33. The Hall–Kier alpha value is -2.59. The Balaban J connectivity index is 1.43. The number of anilines is 2. The maximum Gasteiger partial charge on any atom is 0.410 e. The predicted molar refractivity (Wildman–Crippen MR) is 120 cm³/mol. The van der Waals surface area contributed by atoms with Crippen LogP contribution in [-0.2, 0) is 4.74 Å². The summed E-state index contributed by atoms with van der Waals surface area (Å²) < 4.78 is 11.6. The van der Waals surface area contributed by atoms with Gasteiger partial charge in [0.2, 0.25) is 5.88 Å². The van der Waals surface area contributed by atoms with Crippen molar-refractivity contribution in [2.24, 2.45) is 5.92 Å². The van der Waals surface area contributed by atoms with E-state index in [1.54, 1.807) is 28.5 Å². The zero-order valence-electron chi connectivity index (χ0n) is 17.7. The normalized spacial score (nSPS) is 14.8. The maximum atomic E-state index is 12.2. The molecular weight excluding hydrogens is 442 g/mol. The summed E-state index contributed by atoms with van der Waals surface area (Å²) in [5, 5.41) is 6.86. The van der Waals surface area contributed by atoms with E-state index in [0.717, 1.165) is 12.8 Å². The van der Waals surface area contributed by atoms with Gasteiger partial charge in [0.1, 0.15) is 17.2 Å². The number of piperidine rings is 1. The van der Waals surface area contributed by atoms with Crippen molar-refractivity contribution in [3.63, 3.8) is 0 Å². The molecule has 11 heteroatoms. The van der Waals surface area contributed by atoms with Gasteiger partial charge in [-0.1, -0.05) is 17.7 Å². The minimum absolute atomic E-state index is 0.273. The van der Waals surface area contributed by atoms with Crippen molar-refractivity contribution < 1.29 is 19.1 Å². The average molecular weight is 468 g/mol. The number of rotatable bonds is 5. The van der Waals surface area contributed by atoms with E-state index in [4.69, 9.17) is 21.1 Å². The van der Waals surface area contributed by atoms with Gasteiger partial charge in [0, 0.05) is 24.5 Å². The highest BCUT2D eigenvalue weighted by Crippen LogP contribution is 2.22. The third kappa shape index (κ3) is 7.55. The van der Waals surface area contributed by atoms with Crippen LogP contribution in [0.1, 0.15) is 33.6 Å². The molecule has 2 aromatic rings. The molecule has 0 atom stereocenters. The van der Waals surface area contributed by atoms with Gasteiger partial charge in [0.25, 0.3) is 0 Å². The van der Waals surface area contributed by atoms with Gasteiger partial charge < -0.3 is 14.4 Å². The number of likely N-dealkylation sites (tertiary alicyclic amines) is 1. The molecule has 3 heterocycles. The largest absolute Gasteiger partial charge is 0.477 e. The molecule has 3 amide bonds. The van der Waals surface area contributed by atoms with E-state index in [2.05, 4.69) is 20.6 Å². The fraction of sp³-hybridized carbons (Fsp3) is 0.500. The quantitative estimate of drug-likeness (QED) is 0.650. The van der Waals surface area contributed by atoms with Crippen LogP contribution in [0, 0.1) is 5.92 Å². The molecule has 0 unspecified atom stereocenters. The van der Waals surface area contributed by atoms with Gasteiger partial charge in [-0.15, -0.1) is 11.3 Å². The predicted octanol–water partition coefficient (Wildman–Crippen LogP) is 4.86. The van der Waals surface area contributed by atoms with E-state index < -0.39 is 11.6 Å². The number of carbonyl (C=O) groups is 2. The molecule has 1 aliphatic heterocycles.